The van der Waals surface area contributed by atoms with Crippen LogP contribution in [0.15, 0.2) is 0 Å². The number of nitrogens with zero attached hydrogens (tertiary/aromatic N) is 2. The number of hydrogen-bond donors (Lipinski definition) is 4. The van der Waals surface area contributed by atoms with Gasteiger partial charge in [-0.25, -0.2) is 4.79 Å². The van der Waals surface area contributed by atoms with Crippen LogP contribution in [0, 0.1) is 0 Å². The largest absolute Gasteiger partial charge is 0.481 e. The second kappa shape index (κ2) is 9.94. The molecule has 118 valence electrons. The van der Waals surface area contributed by atoms with E-state index >= 15 is 0 Å². The maximum absolute atomic E-state index is 11.5. The van der Waals surface area contributed by atoms with Crippen LogP contribution in [0.3, 0.4) is 0 Å². The molecule has 0 aliphatic carbocycles. The number of aliphatic carboxylic acids is 1. The summed E-state index contributed by atoms with van der Waals surface area (Å²) < 4.78 is 4.29. The quantitative estimate of drug-likeness (QED) is 0.226. The van der Waals surface area contributed by atoms with Crippen molar-refractivity contribution in [3.05, 3.63) is 0 Å². The van der Waals surface area contributed by atoms with Crippen LogP contribution in [-0.4, -0.2) is 83.1 Å². The number of hydrogen-bond acceptors (Lipinski definition) is 8. The average molecular weight is 310 g/mol. The van der Waals surface area contributed by atoms with Crippen molar-refractivity contribution in [3.63, 3.8) is 0 Å². The van der Waals surface area contributed by atoms with Crippen LogP contribution in [0.2, 0.25) is 0 Å². The lowest BCUT2D eigenvalue weighted by Crippen LogP contribution is -2.43. The first-order valence-corrected chi connectivity index (χ1v) is 6.46. The van der Waals surface area contributed by atoms with Gasteiger partial charge in [-0.05, 0) is 14.1 Å². The Morgan fingerprint density at radius 2 is 1.80 bits per heavy atom. The van der Waals surface area contributed by atoms with Crippen molar-refractivity contribution >= 4 is 24.8 Å². The zero-order chi connectivity index (χ0) is 15.7. The lowest BCUT2D eigenvalue weighted by molar-refractivity contribution is -0.146. The fourth-order valence-corrected chi connectivity index (χ4v) is 1.70. The minimum Gasteiger partial charge on any atom is -0.481 e. The molecule has 0 rings (SSSR count). The number of aliphatic hydroxyl groups is 2. The van der Waals surface area contributed by atoms with E-state index < -0.39 is 24.3 Å². The number of carboxylic acids is 1. The molecule has 0 aromatic heterocycles. The number of thiol groups is 1. The maximum atomic E-state index is 11.5. The third-order valence-electron chi connectivity index (χ3n) is 2.87. The highest BCUT2D eigenvalue weighted by Crippen LogP contribution is 2.06. The van der Waals surface area contributed by atoms with Crippen molar-refractivity contribution in [3.8, 4) is 0 Å². The van der Waals surface area contributed by atoms with Gasteiger partial charge in [0.15, 0.2) is 6.29 Å². The van der Waals surface area contributed by atoms with Gasteiger partial charge in [0.05, 0.1) is 6.42 Å². The van der Waals surface area contributed by atoms with Crippen LogP contribution < -0.4 is 0 Å². The first kappa shape index (κ1) is 19.1. The van der Waals surface area contributed by atoms with Gasteiger partial charge in [-0.3, -0.25) is 9.69 Å². The van der Waals surface area contributed by atoms with E-state index in [2.05, 4.69) is 17.1 Å². The van der Waals surface area contributed by atoms with Crippen molar-refractivity contribution in [2.75, 3.05) is 33.7 Å². The first-order chi connectivity index (χ1) is 9.27. The second-order valence-corrected chi connectivity index (χ2v) is 4.76. The topological polar surface area (TPSA) is 111 Å². The smallest absolute Gasteiger partial charge is 0.335 e. The Bertz CT molecular complexity index is 315. The molecule has 0 aliphatic heterocycles. The lowest BCUT2D eigenvalue weighted by Gasteiger charge is -2.26. The molecule has 0 spiro atoms. The zero-order valence-corrected chi connectivity index (χ0v) is 12.5. The first-order valence-electron chi connectivity index (χ1n) is 6.09. The Labute approximate surface area is 123 Å². The zero-order valence-electron chi connectivity index (χ0n) is 11.6. The Hall–Kier alpha value is -0.870. The molecule has 20 heavy (non-hydrogen) atoms. The second-order valence-electron chi connectivity index (χ2n) is 4.58. The number of likely N-dealkylation sites (N-methyl/N-ethyl adjacent to an activating group) is 2. The number of carboxylic acid groups (broad SMARTS) is 1. The van der Waals surface area contributed by atoms with E-state index in [4.69, 9.17) is 15.3 Å². The predicted octanol–water partition coefficient (Wildman–Crippen LogP) is -1.22. The normalized spacial score (nSPS) is 13.0. The van der Waals surface area contributed by atoms with Crippen LogP contribution in [0.4, 0.5) is 0 Å². The van der Waals surface area contributed by atoms with Crippen molar-refractivity contribution in [1.82, 2.24) is 9.80 Å². The highest BCUT2D eigenvalue weighted by molar-refractivity contribution is 7.75. The third-order valence-corrected chi connectivity index (χ3v) is 3.05. The molecule has 0 heterocycles. The van der Waals surface area contributed by atoms with E-state index in [1.807, 2.05) is 4.90 Å². The fourth-order valence-electron chi connectivity index (χ4n) is 1.58. The summed E-state index contributed by atoms with van der Waals surface area (Å²) in [7, 11) is 3.41. The molecule has 8 nitrogen and oxygen atoms in total. The highest BCUT2D eigenvalue weighted by Gasteiger charge is 2.27. The molecule has 0 radical (unpaired) electrons. The number of carbonyl (C=O) groups excluding carboxylic acids is 1. The molecule has 0 bridgehead atoms. The molecule has 0 aliphatic rings. The molecule has 1 atom stereocenters. The number of aliphatic hydroxyl groups excluding tert-OH is 1. The minimum absolute atomic E-state index is 0.220. The number of carbonyl (C=O) groups is 2. The molecular formula is C11H22N2O6S. The number of rotatable bonds is 10. The van der Waals surface area contributed by atoms with E-state index in [1.54, 1.807) is 19.0 Å². The van der Waals surface area contributed by atoms with Crippen molar-refractivity contribution in [2.45, 2.75) is 25.2 Å². The summed E-state index contributed by atoms with van der Waals surface area (Å²) in [6.07, 6.45) is -1.50. The summed E-state index contributed by atoms with van der Waals surface area (Å²) in [6, 6.07) is -0.901. The van der Waals surface area contributed by atoms with Gasteiger partial charge in [0, 0.05) is 39.0 Å². The fraction of sp³-hybridized carbons (Fsp3) is 0.818. The van der Waals surface area contributed by atoms with Crippen LogP contribution in [0.5, 0.6) is 0 Å². The summed E-state index contributed by atoms with van der Waals surface area (Å²) >= 11 is 3.40. The van der Waals surface area contributed by atoms with Gasteiger partial charge < -0.3 is 24.4 Å². The monoisotopic (exact) mass is 310 g/mol. The van der Waals surface area contributed by atoms with E-state index in [1.165, 1.54) is 0 Å². The van der Waals surface area contributed by atoms with Gasteiger partial charge in [0.1, 0.15) is 6.04 Å². The molecule has 9 heteroatoms. The molecule has 0 fully saturated rings. The molecule has 0 amide bonds. The SMILES string of the molecule is CN(CCC(O)O)CCN(C)C(CC(=O)O)C(=O)OS. The van der Waals surface area contributed by atoms with Crippen LogP contribution in [0.1, 0.15) is 12.8 Å². The maximum Gasteiger partial charge on any atom is 0.335 e. The van der Waals surface area contributed by atoms with Gasteiger partial charge in [0.2, 0.25) is 0 Å². The highest BCUT2D eigenvalue weighted by atomic mass is 32.1. The average Bonchev–Trinajstić information content (AvgIpc) is 2.38. The van der Waals surface area contributed by atoms with Gasteiger partial charge in [-0.15, -0.1) is 0 Å². The minimum atomic E-state index is -1.35. The van der Waals surface area contributed by atoms with Crippen LogP contribution >= 0.6 is 12.9 Å². The predicted molar refractivity (Wildman–Crippen MR) is 74.1 cm³/mol. The Kier molecular flexibility index (Phi) is 9.51. The van der Waals surface area contributed by atoms with Gasteiger partial charge in [0.25, 0.3) is 0 Å². The molecular weight excluding hydrogens is 288 g/mol. The molecule has 1 unspecified atom stereocenters. The van der Waals surface area contributed by atoms with Crippen LogP contribution in [-0.2, 0) is 13.8 Å². The molecule has 3 N–H and O–H groups in total. The van der Waals surface area contributed by atoms with E-state index in [0.717, 1.165) is 0 Å². The lowest BCUT2D eigenvalue weighted by atomic mass is 10.2. The van der Waals surface area contributed by atoms with E-state index in [0.29, 0.717) is 19.6 Å². The summed E-state index contributed by atoms with van der Waals surface area (Å²) in [5, 5.41) is 26.3. The summed E-state index contributed by atoms with van der Waals surface area (Å²) in [4.78, 5) is 25.6. The van der Waals surface area contributed by atoms with Crippen molar-refractivity contribution in [1.29, 1.82) is 0 Å². The van der Waals surface area contributed by atoms with Gasteiger partial charge in [-0.2, -0.15) is 0 Å². The summed E-state index contributed by atoms with van der Waals surface area (Å²) in [5.74, 6) is -1.82. The van der Waals surface area contributed by atoms with Gasteiger partial charge >= 0.3 is 11.9 Å². The molecule has 0 aromatic rings. The Morgan fingerprint density at radius 1 is 1.20 bits per heavy atom. The molecule has 0 saturated carbocycles. The van der Waals surface area contributed by atoms with E-state index in [-0.39, 0.29) is 12.8 Å². The summed E-state index contributed by atoms with van der Waals surface area (Å²) in [6.45, 7) is 1.45. The van der Waals surface area contributed by atoms with Crippen molar-refractivity contribution in [2.24, 2.45) is 0 Å². The Balaban J connectivity index is 4.27. The van der Waals surface area contributed by atoms with E-state index in [9.17, 15) is 9.59 Å². The third kappa shape index (κ3) is 8.33. The molecule has 0 saturated heterocycles. The van der Waals surface area contributed by atoms with Crippen molar-refractivity contribution < 1.29 is 29.1 Å². The molecule has 0 aromatic carbocycles. The van der Waals surface area contributed by atoms with Gasteiger partial charge in [-0.1, -0.05) is 0 Å². The Morgan fingerprint density at radius 3 is 2.25 bits per heavy atom. The van der Waals surface area contributed by atoms with Crippen LogP contribution in [0.25, 0.3) is 0 Å². The standard InChI is InChI=1S/C11H22N2O6S/c1-12(4-3-9(14)15)5-6-13(2)8(7-10(16)17)11(18)19-20/h8-9,14-15,20H,3-7H2,1-2H3,(H,16,17). The summed E-state index contributed by atoms with van der Waals surface area (Å²) in [5.41, 5.74) is 0.